The van der Waals surface area contributed by atoms with E-state index in [0.717, 1.165) is 43.0 Å². The topological polar surface area (TPSA) is 92.3 Å². The van der Waals surface area contributed by atoms with Crippen molar-refractivity contribution < 1.29 is 21.2 Å². The largest absolute Gasteiger partial charge is 0.308 e. The molecule has 9 heteroatoms. The van der Waals surface area contributed by atoms with Crippen molar-refractivity contribution in [1.82, 2.24) is 10.0 Å². The lowest BCUT2D eigenvalue weighted by Gasteiger charge is -2.27. The van der Waals surface area contributed by atoms with Crippen molar-refractivity contribution >= 4 is 19.9 Å². The summed E-state index contributed by atoms with van der Waals surface area (Å²) in [6, 6.07) is 10.4. The first-order valence-electron chi connectivity index (χ1n) is 7.99. The van der Waals surface area contributed by atoms with Gasteiger partial charge in [-0.1, -0.05) is 24.3 Å². The predicted octanol–water partition coefficient (Wildman–Crippen LogP) is 1.39. The minimum absolute atomic E-state index is 0.106. The highest BCUT2D eigenvalue weighted by Gasteiger charge is 2.23. The average Bonchev–Trinajstić information content (AvgIpc) is 2.58. The monoisotopic (exact) mass is 398 g/mol. The third-order valence-electron chi connectivity index (χ3n) is 4.31. The van der Waals surface area contributed by atoms with Crippen LogP contribution in [0.15, 0.2) is 52.3 Å². The first-order valence-corrected chi connectivity index (χ1v) is 11.4. The smallest absolute Gasteiger partial charge is 0.240 e. The Kier molecular flexibility index (Phi) is 5.16. The zero-order valence-electron chi connectivity index (χ0n) is 14.1. The van der Waals surface area contributed by atoms with Gasteiger partial charge in [-0.3, -0.25) is 0 Å². The van der Waals surface area contributed by atoms with Gasteiger partial charge >= 0.3 is 0 Å². The van der Waals surface area contributed by atoms with Gasteiger partial charge in [0, 0.05) is 18.8 Å². The fraction of sp³-hybridized carbons (Fsp3) is 0.294. The van der Waals surface area contributed by atoms with Crippen LogP contribution < -0.4 is 10.0 Å². The summed E-state index contributed by atoms with van der Waals surface area (Å²) in [5, 5.41) is 3.26. The van der Waals surface area contributed by atoms with E-state index < -0.39 is 30.6 Å². The Morgan fingerprint density at radius 2 is 1.88 bits per heavy atom. The van der Waals surface area contributed by atoms with E-state index in [1.807, 2.05) is 24.3 Å². The van der Waals surface area contributed by atoms with Crippen molar-refractivity contribution in [2.24, 2.45) is 0 Å². The molecule has 0 aliphatic carbocycles. The second-order valence-electron chi connectivity index (χ2n) is 6.17. The Bertz CT molecular complexity index is 1040. The van der Waals surface area contributed by atoms with E-state index in [4.69, 9.17) is 0 Å². The molecule has 3 rings (SSSR count). The molecule has 2 N–H and O–H groups in total. The Balaban J connectivity index is 1.79. The number of halogens is 1. The lowest BCUT2D eigenvalue weighted by molar-refractivity contribution is 0.491. The van der Waals surface area contributed by atoms with E-state index in [-0.39, 0.29) is 17.5 Å². The van der Waals surface area contributed by atoms with E-state index in [2.05, 4.69) is 10.0 Å². The Morgan fingerprint density at radius 1 is 1.15 bits per heavy atom. The number of nitrogens with one attached hydrogen (secondary N) is 2. The standard InChI is InChI=1S/C17H19FN2O4S2/c1-25(21,22)17-7-6-13(10-15(17)18)26(23,24)20-11-16-14-5-3-2-4-12(14)8-9-19-16/h2-7,10,16,19-20H,8-9,11H2,1H3. The van der Waals surface area contributed by atoms with Gasteiger partial charge in [0.15, 0.2) is 9.84 Å². The number of hydrogen-bond donors (Lipinski definition) is 2. The number of hydrogen-bond acceptors (Lipinski definition) is 5. The van der Waals surface area contributed by atoms with E-state index in [1.54, 1.807) is 0 Å². The number of fused-ring (bicyclic) bond motifs is 1. The van der Waals surface area contributed by atoms with Crippen molar-refractivity contribution in [1.29, 1.82) is 0 Å². The van der Waals surface area contributed by atoms with E-state index in [0.29, 0.717) is 0 Å². The molecule has 0 saturated carbocycles. The van der Waals surface area contributed by atoms with E-state index >= 15 is 0 Å². The molecule has 1 aliphatic rings. The molecular formula is C17H19FN2O4S2. The summed E-state index contributed by atoms with van der Waals surface area (Å²) < 4.78 is 64.2. The van der Waals surface area contributed by atoms with E-state index in [9.17, 15) is 21.2 Å². The highest BCUT2D eigenvalue weighted by Crippen LogP contribution is 2.23. The number of rotatable bonds is 5. The SMILES string of the molecule is CS(=O)(=O)c1ccc(S(=O)(=O)NCC2NCCc3ccccc32)cc1F. The van der Waals surface area contributed by atoms with Gasteiger partial charge in [-0.15, -0.1) is 0 Å². The number of sulfonamides is 1. The Labute approximate surface area is 152 Å². The molecular weight excluding hydrogens is 379 g/mol. The molecule has 0 bridgehead atoms. The summed E-state index contributed by atoms with van der Waals surface area (Å²) in [5.74, 6) is -1.09. The maximum atomic E-state index is 14.0. The highest BCUT2D eigenvalue weighted by molar-refractivity contribution is 7.90. The fourth-order valence-electron chi connectivity index (χ4n) is 3.00. The first kappa shape index (κ1) is 19.0. The number of sulfone groups is 1. The summed E-state index contributed by atoms with van der Waals surface area (Å²) in [6.07, 6.45) is 1.74. The maximum absolute atomic E-state index is 14.0. The molecule has 0 fully saturated rings. The van der Waals surface area contributed by atoms with Crippen LogP contribution in [-0.2, 0) is 26.3 Å². The van der Waals surface area contributed by atoms with Crippen molar-refractivity contribution in [2.75, 3.05) is 19.3 Å². The van der Waals surface area contributed by atoms with Crippen LogP contribution >= 0.6 is 0 Å². The molecule has 0 amide bonds. The van der Waals surface area contributed by atoms with Crippen LogP contribution in [0.3, 0.4) is 0 Å². The predicted molar refractivity (Wildman–Crippen MR) is 95.6 cm³/mol. The molecule has 1 heterocycles. The van der Waals surface area contributed by atoms with Crippen LogP contribution in [-0.4, -0.2) is 36.2 Å². The average molecular weight is 398 g/mol. The zero-order valence-corrected chi connectivity index (χ0v) is 15.7. The molecule has 2 aromatic rings. The van der Waals surface area contributed by atoms with Crippen LogP contribution in [0.5, 0.6) is 0 Å². The van der Waals surface area contributed by atoms with Gasteiger partial charge in [-0.05, 0) is 42.3 Å². The van der Waals surface area contributed by atoms with Crippen molar-refractivity contribution in [3.8, 4) is 0 Å². The second kappa shape index (κ2) is 7.07. The summed E-state index contributed by atoms with van der Waals surface area (Å²) in [7, 11) is -7.73. The van der Waals surface area contributed by atoms with Gasteiger partial charge in [-0.25, -0.2) is 25.9 Å². The molecule has 1 atom stereocenters. The summed E-state index contributed by atoms with van der Waals surface area (Å²) >= 11 is 0. The lowest BCUT2D eigenvalue weighted by Crippen LogP contribution is -2.38. The molecule has 2 aromatic carbocycles. The normalized spacial score (nSPS) is 17.7. The summed E-state index contributed by atoms with van der Waals surface area (Å²) in [4.78, 5) is -0.842. The molecule has 140 valence electrons. The summed E-state index contributed by atoms with van der Waals surface area (Å²) in [6.45, 7) is 0.843. The van der Waals surface area contributed by atoms with Gasteiger partial charge in [-0.2, -0.15) is 0 Å². The fourth-order valence-corrected chi connectivity index (χ4v) is 4.79. The molecule has 1 aliphatic heterocycles. The van der Waals surface area contributed by atoms with Gasteiger partial charge in [0.2, 0.25) is 10.0 Å². The van der Waals surface area contributed by atoms with Crippen LogP contribution in [0, 0.1) is 5.82 Å². The highest BCUT2D eigenvalue weighted by atomic mass is 32.2. The van der Waals surface area contributed by atoms with Gasteiger partial charge in [0.1, 0.15) is 10.7 Å². The Morgan fingerprint density at radius 3 is 2.58 bits per heavy atom. The summed E-state index contributed by atoms with van der Waals surface area (Å²) in [5.41, 5.74) is 2.19. The molecule has 1 unspecified atom stereocenters. The molecule has 0 spiro atoms. The van der Waals surface area contributed by atoms with Gasteiger partial charge < -0.3 is 5.32 Å². The van der Waals surface area contributed by atoms with Gasteiger partial charge in [0.25, 0.3) is 0 Å². The van der Waals surface area contributed by atoms with Crippen LogP contribution in [0.4, 0.5) is 4.39 Å². The zero-order chi connectivity index (χ0) is 18.9. The quantitative estimate of drug-likeness (QED) is 0.794. The minimum Gasteiger partial charge on any atom is -0.308 e. The van der Waals surface area contributed by atoms with E-state index in [1.165, 1.54) is 5.56 Å². The van der Waals surface area contributed by atoms with Crippen LogP contribution in [0.2, 0.25) is 0 Å². The first-order chi connectivity index (χ1) is 12.2. The van der Waals surface area contributed by atoms with Crippen LogP contribution in [0.25, 0.3) is 0 Å². The lowest BCUT2D eigenvalue weighted by atomic mass is 9.95. The molecule has 26 heavy (non-hydrogen) atoms. The number of benzene rings is 2. The Hall–Kier alpha value is -1.81. The van der Waals surface area contributed by atoms with Crippen molar-refractivity contribution in [3.05, 3.63) is 59.4 Å². The third kappa shape index (κ3) is 3.96. The molecule has 0 aromatic heterocycles. The minimum atomic E-state index is -3.97. The van der Waals surface area contributed by atoms with Gasteiger partial charge in [0.05, 0.1) is 4.90 Å². The molecule has 0 saturated heterocycles. The van der Waals surface area contributed by atoms with Crippen molar-refractivity contribution in [3.63, 3.8) is 0 Å². The van der Waals surface area contributed by atoms with Crippen LogP contribution in [0.1, 0.15) is 17.2 Å². The maximum Gasteiger partial charge on any atom is 0.240 e. The molecule has 6 nitrogen and oxygen atoms in total. The molecule has 0 radical (unpaired) electrons. The van der Waals surface area contributed by atoms with Crippen molar-refractivity contribution in [2.45, 2.75) is 22.3 Å². The third-order valence-corrected chi connectivity index (χ3v) is 6.86. The second-order valence-corrected chi connectivity index (χ2v) is 9.92.